The zero-order valence-electron chi connectivity index (χ0n) is 25.9. The topological polar surface area (TPSA) is 128 Å². The molecule has 0 saturated heterocycles. The van der Waals surface area contributed by atoms with Crippen LogP contribution in [-0.4, -0.2) is 55.1 Å². The summed E-state index contributed by atoms with van der Waals surface area (Å²) in [5, 5.41) is 7.92. The van der Waals surface area contributed by atoms with Gasteiger partial charge in [0.25, 0.3) is 11.8 Å². The number of rotatable bonds is 10. The molecular weight excluding hydrogens is 623 g/mol. The number of carbonyl (C=O) groups is 3. The third-order valence-electron chi connectivity index (χ3n) is 7.77. The number of carbonyl (C=O) groups excluding carboxylic acids is 3. The molecule has 4 aromatic rings. The first kappa shape index (κ1) is 33.0. The highest BCUT2D eigenvalue weighted by molar-refractivity contribution is 7.89. The van der Waals surface area contributed by atoms with Crippen molar-refractivity contribution in [2.75, 3.05) is 18.9 Å². The first-order valence-corrected chi connectivity index (χ1v) is 17.2. The molecule has 10 nitrogen and oxygen atoms in total. The van der Waals surface area contributed by atoms with Crippen LogP contribution < -0.4 is 16.0 Å². The Bertz CT molecular complexity index is 1810. The van der Waals surface area contributed by atoms with Crippen LogP contribution in [0.15, 0.2) is 89.8 Å². The molecule has 0 unspecified atom stereocenters. The van der Waals surface area contributed by atoms with E-state index in [0.29, 0.717) is 24.5 Å². The molecule has 12 heteroatoms. The molecule has 3 N–H and O–H groups in total. The van der Waals surface area contributed by atoms with Gasteiger partial charge in [-0.25, -0.2) is 13.2 Å². The maximum absolute atomic E-state index is 13.6. The zero-order chi connectivity index (χ0) is 32.8. The minimum Gasteiger partial charge on any atom is -0.341 e. The molecule has 240 valence electrons. The summed E-state index contributed by atoms with van der Waals surface area (Å²) >= 11 is 1.31. The molecule has 5 rings (SSSR count). The van der Waals surface area contributed by atoms with Crippen molar-refractivity contribution in [3.63, 3.8) is 0 Å². The van der Waals surface area contributed by atoms with Gasteiger partial charge in [0.2, 0.25) is 10.0 Å². The molecule has 3 aromatic carbocycles. The largest absolute Gasteiger partial charge is 0.341 e. The Kier molecular flexibility index (Phi) is 10.3. The summed E-state index contributed by atoms with van der Waals surface area (Å²) in [4.78, 5) is 42.0. The number of thiophene rings is 1. The monoisotopic (exact) mass is 659 g/mol. The number of urea groups is 1. The van der Waals surface area contributed by atoms with E-state index in [2.05, 4.69) is 33.0 Å². The molecule has 0 spiro atoms. The molecule has 1 aromatic heterocycles. The van der Waals surface area contributed by atoms with Crippen molar-refractivity contribution in [2.45, 2.75) is 50.8 Å². The fourth-order valence-electron chi connectivity index (χ4n) is 5.39. The molecule has 1 aliphatic rings. The van der Waals surface area contributed by atoms with Crippen molar-refractivity contribution in [3.05, 3.63) is 118 Å². The Morgan fingerprint density at radius 3 is 2.13 bits per heavy atom. The van der Waals surface area contributed by atoms with Gasteiger partial charge < -0.3 is 10.6 Å². The van der Waals surface area contributed by atoms with E-state index in [1.165, 1.54) is 52.5 Å². The van der Waals surface area contributed by atoms with Crippen LogP contribution in [0.4, 0.5) is 9.80 Å². The van der Waals surface area contributed by atoms with Gasteiger partial charge in [-0.3, -0.25) is 19.8 Å². The van der Waals surface area contributed by atoms with Crippen molar-refractivity contribution >= 4 is 44.2 Å². The molecule has 2 heterocycles. The van der Waals surface area contributed by atoms with E-state index in [0.717, 1.165) is 22.5 Å². The maximum atomic E-state index is 13.6. The van der Waals surface area contributed by atoms with Crippen LogP contribution in [0.3, 0.4) is 0 Å². The van der Waals surface area contributed by atoms with Crippen LogP contribution in [0.2, 0.25) is 0 Å². The van der Waals surface area contributed by atoms with Gasteiger partial charge in [0, 0.05) is 49.7 Å². The number of benzene rings is 3. The Balaban J connectivity index is 1.37. The normalized spacial score (nSPS) is 13.3. The summed E-state index contributed by atoms with van der Waals surface area (Å²) < 4.78 is 28.6. The van der Waals surface area contributed by atoms with Gasteiger partial charge in [-0.2, -0.15) is 4.31 Å². The van der Waals surface area contributed by atoms with Crippen LogP contribution in [0.5, 0.6) is 0 Å². The lowest BCUT2D eigenvalue weighted by molar-refractivity contribution is 0.0964. The fraction of sp³-hybridized carbons (Fsp3) is 0.265. The number of imide groups is 1. The minimum atomic E-state index is -3.85. The highest BCUT2D eigenvalue weighted by Crippen LogP contribution is 2.38. The Morgan fingerprint density at radius 2 is 1.52 bits per heavy atom. The Morgan fingerprint density at radius 1 is 0.891 bits per heavy atom. The highest BCUT2D eigenvalue weighted by atomic mass is 32.2. The van der Waals surface area contributed by atoms with E-state index in [9.17, 15) is 22.8 Å². The number of nitrogens with one attached hydrogen (secondary N) is 3. The smallest absolute Gasteiger partial charge is 0.321 e. The number of nitrogens with zero attached hydrogens (tertiary/aromatic N) is 2. The Labute approximate surface area is 273 Å². The molecule has 0 radical (unpaired) electrons. The zero-order valence-corrected chi connectivity index (χ0v) is 27.6. The van der Waals surface area contributed by atoms with Gasteiger partial charge in [-0.15, -0.1) is 11.3 Å². The number of sulfonamides is 1. The van der Waals surface area contributed by atoms with E-state index in [-0.39, 0.29) is 28.6 Å². The van der Waals surface area contributed by atoms with Crippen molar-refractivity contribution in [1.29, 1.82) is 0 Å². The lowest BCUT2D eigenvalue weighted by Crippen LogP contribution is -2.38. The van der Waals surface area contributed by atoms with Crippen molar-refractivity contribution in [2.24, 2.45) is 0 Å². The summed E-state index contributed by atoms with van der Waals surface area (Å²) in [6.07, 6.45) is 0.576. The first-order chi connectivity index (χ1) is 22.1. The highest BCUT2D eigenvalue weighted by Gasteiger charge is 2.31. The Hall–Kier alpha value is -4.36. The van der Waals surface area contributed by atoms with Crippen molar-refractivity contribution in [3.8, 4) is 0 Å². The summed E-state index contributed by atoms with van der Waals surface area (Å²) in [5.74, 6) is -1.10. The predicted octanol–water partition coefficient (Wildman–Crippen LogP) is 5.23. The third-order valence-corrected chi connectivity index (χ3v) is 10.9. The predicted molar refractivity (Wildman–Crippen MR) is 179 cm³/mol. The van der Waals surface area contributed by atoms with Gasteiger partial charge in [0.05, 0.1) is 10.5 Å². The molecule has 1 aliphatic heterocycles. The average Bonchev–Trinajstić information content (AvgIpc) is 3.41. The SMILES string of the molecule is CNC(=O)NC(=O)c1c(NC(=O)c2ccc(S(=O)(=O)N(Cc3ccccc3)C(C)C)cc2)sc2c1CCN(Cc1ccccc1)C2. The molecule has 0 fully saturated rings. The van der Waals surface area contributed by atoms with Gasteiger partial charge in [0.1, 0.15) is 5.00 Å². The van der Waals surface area contributed by atoms with E-state index in [1.807, 2.05) is 62.4 Å². The van der Waals surface area contributed by atoms with E-state index in [4.69, 9.17) is 0 Å². The molecule has 46 heavy (non-hydrogen) atoms. The van der Waals surface area contributed by atoms with E-state index in [1.54, 1.807) is 0 Å². The van der Waals surface area contributed by atoms with Crippen molar-refractivity contribution in [1.82, 2.24) is 19.8 Å². The number of anilines is 1. The molecule has 0 atom stereocenters. The van der Waals surface area contributed by atoms with E-state index >= 15 is 0 Å². The fourth-order valence-corrected chi connectivity index (χ4v) is 8.29. The molecule has 4 amide bonds. The molecule has 0 aliphatic carbocycles. The second-order valence-electron chi connectivity index (χ2n) is 11.3. The van der Waals surface area contributed by atoms with Crippen molar-refractivity contribution < 1.29 is 22.8 Å². The second kappa shape index (κ2) is 14.4. The lowest BCUT2D eigenvalue weighted by Gasteiger charge is -2.27. The number of hydrogen-bond acceptors (Lipinski definition) is 7. The van der Waals surface area contributed by atoms with Crippen LogP contribution in [-0.2, 0) is 36.1 Å². The van der Waals surface area contributed by atoms with Crippen LogP contribution in [0.25, 0.3) is 0 Å². The summed E-state index contributed by atoms with van der Waals surface area (Å²) in [6, 6.07) is 24.3. The average molecular weight is 660 g/mol. The molecule has 0 saturated carbocycles. The van der Waals surface area contributed by atoms with Crippen LogP contribution in [0.1, 0.15) is 56.1 Å². The summed E-state index contributed by atoms with van der Waals surface area (Å²) in [6.45, 7) is 5.90. The standard InChI is InChI=1S/C34H37N5O5S2/c1-23(2)39(21-25-12-8-5-9-13-25)46(43,44)27-16-14-26(15-17-27)31(40)36-33-30(32(41)37-34(42)35-3)28-18-19-38(22-29(28)45-33)20-24-10-6-4-7-11-24/h4-17,23H,18-22H2,1-3H3,(H,36,40)(H2,35,37,41,42). The van der Waals surface area contributed by atoms with E-state index < -0.39 is 27.9 Å². The number of fused-ring (bicyclic) bond motifs is 1. The summed E-state index contributed by atoms with van der Waals surface area (Å²) in [7, 11) is -2.44. The van der Waals surface area contributed by atoms with Gasteiger partial charge in [-0.05, 0) is 61.2 Å². The summed E-state index contributed by atoms with van der Waals surface area (Å²) in [5.41, 5.74) is 3.35. The lowest BCUT2D eigenvalue weighted by atomic mass is 10.0. The van der Waals surface area contributed by atoms with Crippen LogP contribution in [0, 0.1) is 0 Å². The van der Waals surface area contributed by atoms with Gasteiger partial charge >= 0.3 is 6.03 Å². The first-order valence-electron chi connectivity index (χ1n) is 15.0. The van der Waals surface area contributed by atoms with Gasteiger partial charge in [0.15, 0.2) is 0 Å². The molecular formula is C34H37N5O5S2. The van der Waals surface area contributed by atoms with Gasteiger partial charge in [-0.1, -0.05) is 60.7 Å². The number of amides is 4. The maximum Gasteiger partial charge on any atom is 0.321 e. The number of hydrogen-bond donors (Lipinski definition) is 3. The minimum absolute atomic E-state index is 0.0735. The quantitative estimate of drug-likeness (QED) is 0.214. The van der Waals surface area contributed by atoms with Crippen LogP contribution >= 0.6 is 11.3 Å². The molecule has 0 bridgehead atoms. The second-order valence-corrected chi connectivity index (χ2v) is 14.3. The third kappa shape index (κ3) is 7.53.